The van der Waals surface area contributed by atoms with Crippen molar-refractivity contribution >= 4 is 17.6 Å². The Morgan fingerprint density at radius 3 is 2.45 bits per heavy atom. The van der Waals surface area contributed by atoms with Crippen molar-refractivity contribution < 1.29 is 9.53 Å². The van der Waals surface area contributed by atoms with Crippen LogP contribution >= 0.6 is 11.6 Å². The van der Waals surface area contributed by atoms with E-state index in [1.54, 1.807) is 0 Å². The summed E-state index contributed by atoms with van der Waals surface area (Å²) in [6.07, 6.45) is 2.89. The predicted molar refractivity (Wildman–Crippen MR) is 83.0 cm³/mol. The van der Waals surface area contributed by atoms with Gasteiger partial charge in [-0.05, 0) is 38.1 Å². The van der Waals surface area contributed by atoms with Gasteiger partial charge in [-0.1, -0.05) is 43.5 Å². The van der Waals surface area contributed by atoms with E-state index in [1.165, 1.54) is 7.11 Å². The number of hydrogen-bond donors (Lipinski definition) is 0. The molecule has 2 unspecified atom stereocenters. The standard InChI is InChI=1S/C16H24ClNO2/c1-5-6-7-15(16(19)20-4)18(3)12(2)13-8-10-14(17)11-9-13/h8-12,15H,5-7H2,1-4H3. The first-order valence-corrected chi connectivity index (χ1v) is 7.44. The number of carbonyl (C=O) groups excluding carboxylic acids is 1. The monoisotopic (exact) mass is 297 g/mol. The van der Waals surface area contributed by atoms with E-state index in [1.807, 2.05) is 31.3 Å². The molecule has 112 valence electrons. The highest BCUT2D eigenvalue weighted by Crippen LogP contribution is 2.24. The van der Waals surface area contributed by atoms with Crippen LogP contribution in [0.5, 0.6) is 0 Å². The van der Waals surface area contributed by atoms with Crippen LogP contribution in [-0.2, 0) is 9.53 Å². The van der Waals surface area contributed by atoms with E-state index in [2.05, 4.69) is 18.7 Å². The molecule has 0 amide bonds. The summed E-state index contributed by atoms with van der Waals surface area (Å²) in [7, 11) is 3.42. The van der Waals surface area contributed by atoms with Crippen molar-refractivity contribution in [3.05, 3.63) is 34.9 Å². The fourth-order valence-electron chi connectivity index (χ4n) is 2.27. The molecule has 2 atom stereocenters. The first-order valence-electron chi connectivity index (χ1n) is 7.06. The lowest BCUT2D eigenvalue weighted by Gasteiger charge is -2.31. The van der Waals surface area contributed by atoms with Crippen molar-refractivity contribution in [3.8, 4) is 0 Å². The Balaban J connectivity index is 2.84. The minimum absolute atomic E-state index is 0.133. The molecule has 0 spiro atoms. The van der Waals surface area contributed by atoms with Crippen LogP contribution in [0.1, 0.15) is 44.7 Å². The number of ether oxygens (including phenoxy) is 1. The topological polar surface area (TPSA) is 29.5 Å². The normalized spacial score (nSPS) is 14.1. The van der Waals surface area contributed by atoms with E-state index < -0.39 is 0 Å². The van der Waals surface area contributed by atoms with Crippen LogP contribution in [0.3, 0.4) is 0 Å². The second-order valence-corrected chi connectivity index (χ2v) is 5.51. The smallest absolute Gasteiger partial charge is 0.323 e. The molecule has 0 bridgehead atoms. The van der Waals surface area contributed by atoms with Crippen molar-refractivity contribution in [1.29, 1.82) is 0 Å². The average molecular weight is 298 g/mol. The maximum Gasteiger partial charge on any atom is 0.323 e. The molecule has 0 aliphatic rings. The van der Waals surface area contributed by atoms with E-state index in [0.717, 1.165) is 29.8 Å². The second kappa shape index (κ2) is 8.28. The number of halogens is 1. The molecule has 0 saturated heterocycles. The summed E-state index contributed by atoms with van der Waals surface area (Å²) >= 11 is 5.91. The SMILES string of the molecule is CCCCC(C(=O)OC)N(C)C(C)c1ccc(Cl)cc1. The lowest BCUT2D eigenvalue weighted by Crippen LogP contribution is -2.40. The molecule has 0 aliphatic heterocycles. The van der Waals surface area contributed by atoms with Gasteiger partial charge in [0.15, 0.2) is 0 Å². The van der Waals surface area contributed by atoms with E-state index >= 15 is 0 Å². The summed E-state index contributed by atoms with van der Waals surface area (Å²) in [6, 6.07) is 7.68. The van der Waals surface area contributed by atoms with Crippen LogP contribution in [0, 0.1) is 0 Å². The van der Waals surface area contributed by atoms with E-state index in [4.69, 9.17) is 16.3 Å². The summed E-state index contributed by atoms with van der Waals surface area (Å²) in [5.41, 5.74) is 1.14. The Morgan fingerprint density at radius 1 is 1.35 bits per heavy atom. The Hall–Kier alpha value is -1.06. The van der Waals surface area contributed by atoms with Gasteiger partial charge in [0, 0.05) is 11.1 Å². The van der Waals surface area contributed by atoms with Crippen molar-refractivity contribution in [2.24, 2.45) is 0 Å². The van der Waals surface area contributed by atoms with Gasteiger partial charge in [-0.25, -0.2) is 0 Å². The van der Waals surface area contributed by atoms with Crippen LogP contribution in [0.2, 0.25) is 5.02 Å². The van der Waals surface area contributed by atoms with Gasteiger partial charge in [-0.15, -0.1) is 0 Å². The molecular weight excluding hydrogens is 274 g/mol. The number of likely N-dealkylation sites (N-methyl/N-ethyl adjacent to an activating group) is 1. The summed E-state index contributed by atoms with van der Waals surface area (Å²) in [5, 5.41) is 0.721. The number of carbonyl (C=O) groups is 1. The van der Waals surface area contributed by atoms with E-state index in [-0.39, 0.29) is 18.1 Å². The zero-order valence-corrected chi connectivity index (χ0v) is 13.5. The molecule has 0 radical (unpaired) electrons. The highest BCUT2D eigenvalue weighted by Gasteiger charge is 2.27. The van der Waals surface area contributed by atoms with Gasteiger partial charge < -0.3 is 4.74 Å². The summed E-state index contributed by atoms with van der Waals surface area (Å²) in [5.74, 6) is -0.165. The highest BCUT2D eigenvalue weighted by molar-refractivity contribution is 6.30. The van der Waals surface area contributed by atoms with Gasteiger partial charge in [-0.2, -0.15) is 0 Å². The number of methoxy groups -OCH3 is 1. The summed E-state index contributed by atoms with van der Waals surface area (Å²) in [6.45, 7) is 4.21. The van der Waals surface area contributed by atoms with Gasteiger partial charge in [0.1, 0.15) is 6.04 Å². The second-order valence-electron chi connectivity index (χ2n) is 5.07. The molecule has 0 aliphatic carbocycles. The number of esters is 1. The van der Waals surface area contributed by atoms with Gasteiger partial charge in [-0.3, -0.25) is 9.69 Å². The van der Waals surface area contributed by atoms with Crippen LogP contribution in [0.15, 0.2) is 24.3 Å². The summed E-state index contributed by atoms with van der Waals surface area (Å²) in [4.78, 5) is 14.0. The first kappa shape index (κ1) is 17.0. The Labute approximate surface area is 126 Å². The third kappa shape index (κ3) is 4.50. The summed E-state index contributed by atoms with van der Waals surface area (Å²) < 4.78 is 4.93. The van der Waals surface area contributed by atoms with Crippen LogP contribution in [0.25, 0.3) is 0 Å². The lowest BCUT2D eigenvalue weighted by molar-refractivity contribution is -0.147. The quantitative estimate of drug-likeness (QED) is 0.711. The molecule has 1 rings (SSSR count). The zero-order valence-electron chi connectivity index (χ0n) is 12.7. The predicted octanol–water partition coefficient (Wildman–Crippen LogP) is 4.06. The van der Waals surface area contributed by atoms with Gasteiger partial charge >= 0.3 is 5.97 Å². The third-order valence-electron chi connectivity index (χ3n) is 3.76. The largest absolute Gasteiger partial charge is 0.468 e. The Kier molecular flexibility index (Phi) is 7.03. The number of unbranched alkanes of at least 4 members (excludes halogenated alkanes) is 1. The van der Waals surface area contributed by atoms with E-state index in [9.17, 15) is 4.79 Å². The fraction of sp³-hybridized carbons (Fsp3) is 0.562. The molecule has 0 aromatic heterocycles. The molecule has 0 fully saturated rings. The van der Waals surface area contributed by atoms with Crippen molar-refractivity contribution in [1.82, 2.24) is 4.90 Å². The maximum absolute atomic E-state index is 12.0. The first-order chi connectivity index (χ1) is 9.51. The van der Waals surface area contributed by atoms with Crippen LogP contribution < -0.4 is 0 Å². The minimum Gasteiger partial charge on any atom is -0.468 e. The van der Waals surface area contributed by atoms with Crippen LogP contribution in [-0.4, -0.2) is 31.1 Å². The Morgan fingerprint density at radius 2 is 1.95 bits per heavy atom. The van der Waals surface area contributed by atoms with Crippen molar-refractivity contribution in [2.45, 2.75) is 45.2 Å². The lowest BCUT2D eigenvalue weighted by atomic mass is 10.0. The number of benzene rings is 1. The molecule has 1 aromatic rings. The zero-order chi connectivity index (χ0) is 15.1. The fourth-order valence-corrected chi connectivity index (χ4v) is 2.39. The molecule has 20 heavy (non-hydrogen) atoms. The molecule has 0 heterocycles. The van der Waals surface area contributed by atoms with Crippen molar-refractivity contribution in [3.63, 3.8) is 0 Å². The molecule has 3 nitrogen and oxygen atoms in total. The van der Waals surface area contributed by atoms with Gasteiger partial charge in [0.05, 0.1) is 7.11 Å². The number of rotatable bonds is 7. The van der Waals surface area contributed by atoms with Crippen LogP contribution in [0.4, 0.5) is 0 Å². The minimum atomic E-state index is -0.203. The third-order valence-corrected chi connectivity index (χ3v) is 4.01. The molecular formula is C16H24ClNO2. The average Bonchev–Trinajstić information content (AvgIpc) is 2.47. The van der Waals surface area contributed by atoms with Gasteiger partial charge in [0.25, 0.3) is 0 Å². The number of hydrogen-bond acceptors (Lipinski definition) is 3. The molecule has 1 aromatic carbocycles. The maximum atomic E-state index is 12.0. The number of nitrogens with zero attached hydrogens (tertiary/aromatic N) is 1. The highest BCUT2D eigenvalue weighted by atomic mass is 35.5. The Bertz CT molecular complexity index is 419. The molecule has 0 N–H and O–H groups in total. The van der Waals surface area contributed by atoms with E-state index in [0.29, 0.717) is 0 Å². The van der Waals surface area contributed by atoms with Crippen molar-refractivity contribution in [2.75, 3.05) is 14.2 Å². The molecule has 0 saturated carbocycles. The van der Waals surface area contributed by atoms with Gasteiger partial charge in [0.2, 0.25) is 0 Å². The molecule has 4 heteroatoms.